The number of ketones is 1. The van der Waals surface area contributed by atoms with Crippen molar-refractivity contribution in [1.82, 2.24) is 15.2 Å². The van der Waals surface area contributed by atoms with E-state index in [1.54, 1.807) is 43.3 Å². The van der Waals surface area contributed by atoms with Crippen molar-refractivity contribution < 1.29 is 18.0 Å². The van der Waals surface area contributed by atoms with Crippen molar-refractivity contribution in [1.29, 1.82) is 0 Å². The molecule has 4 aromatic rings. The Labute approximate surface area is 183 Å². The maximum atomic E-state index is 13.0. The highest BCUT2D eigenvalue weighted by Crippen LogP contribution is 2.34. The highest BCUT2D eigenvalue weighted by Gasteiger charge is 2.35. The van der Waals surface area contributed by atoms with E-state index in [0.29, 0.717) is 17.3 Å². The molecule has 0 saturated carbocycles. The van der Waals surface area contributed by atoms with Crippen molar-refractivity contribution in [2.24, 2.45) is 0 Å². The van der Waals surface area contributed by atoms with E-state index < -0.39 is 15.7 Å². The van der Waals surface area contributed by atoms with Crippen molar-refractivity contribution in [2.75, 3.05) is 5.32 Å². The lowest BCUT2D eigenvalue weighted by Gasteiger charge is -2.19. The minimum absolute atomic E-state index is 0.0483. The molecule has 0 atom stereocenters. The predicted molar refractivity (Wildman–Crippen MR) is 116 cm³/mol. The standard InChI is InChI=1S/C23H16N4O4S/c1-13-24-22(27-26-13)14-6-9-16(10-7-14)25-23(29)15-8-11-18-20(12-15)32(30,31)19-5-3-2-4-17(19)21(18)28/h2-12H,1H3,(H,25,29)(H,24,26,27). The van der Waals surface area contributed by atoms with Crippen LogP contribution in [-0.4, -0.2) is 35.3 Å². The highest BCUT2D eigenvalue weighted by atomic mass is 32.2. The van der Waals surface area contributed by atoms with E-state index in [1.807, 2.05) is 0 Å². The molecule has 0 aliphatic carbocycles. The van der Waals surface area contributed by atoms with Gasteiger partial charge in [0.25, 0.3) is 5.91 Å². The van der Waals surface area contributed by atoms with Crippen LogP contribution in [0.2, 0.25) is 0 Å². The zero-order chi connectivity index (χ0) is 22.5. The summed E-state index contributed by atoms with van der Waals surface area (Å²) in [5.74, 6) is 0.372. The van der Waals surface area contributed by atoms with E-state index in [9.17, 15) is 18.0 Å². The van der Waals surface area contributed by atoms with Gasteiger partial charge in [-0.3, -0.25) is 14.7 Å². The van der Waals surface area contributed by atoms with E-state index in [-0.39, 0.29) is 32.3 Å². The van der Waals surface area contributed by atoms with E-state index in [1.165, 1.54) is 30.3 Å². The quantitative estimate of drug-likeness (QED) is 0.440. The fraction of sp³-hybridized carbons (Fsp3) is 0.0435. The van der Waals surface area contributed by atoms with Crippen molar-refractivity contribution in [3.8, 4) is 11.4 Å². The molecule has 2 N–H and O–H groups in total. The Hall–Kier alpha value is -4.11. The van der Waals surface area contributed by atoms with E-state index in [0.717, 1.165) is 5.56 Å². The van der Waals surface area contributed by atoms with Gasteiger partial charge in [-0.05, 0) is 61.5 Å². The number of benzene rings is 3. The Morgan fingerprint density at radius 3 is 2.38 bits per heavy atom. The second-order valence-corrected chi connectivity index (χ2v) is 9.20. The number of hydrogen-bond acceptors (Lipinski definition) is 6. The summed E-state index contributed by atoms with van der Waals surface area (Å²) < 4.78 is 26.1. The van der Waals surface area contributed by atoms with Gasteiger partial charge in [-0.15, -0.1) is 0 Å². The summed E-state index contributed by atoms with van der Waals surface area (Å²) in [6, 6.07) is 17.1. The van der Waals surface area contributed by atoms with Gasteiger partial charge in [0.1, 0.15) is 5.82 Å². The number of aromatic nitrogens is 3. The molecular weight excluding hydrogens is 428 g/mol. The van der Waals surface area contributed by atoms with Crippen LogP contribution in [-0.2, 0) is 9.84 Å². The van der Waals surface area contributed by atoms with Crippen LogP contribution in [0.25, 0.3) is 11.4 Å². The first-order chi connectivity index (χ1) is 15.3. The van der Waals surface area contributed by atoms with Gasteiger partial charge in [0, 0.05) is 27.9 Å². The summed E-state index contributed by atoms with van der Waals surface area (Å²) in [5.41, 5.74) is 1.64. The zero-order valence-electron chi connectivity index (χ0n) is 16.8. The first-order valence-corrected chi connectivity index (χ1v) is 11.2. The number of aryl methyl sites for hydroxylation is 1. The summed E-state index contributed by atoms with van der Waals surface area (Å²) in [7, 11) is -3.92. The molecule has 1 aliphatic rings. The second kappa shape index (κ2) is 7.24. The van der Waals surface area contributed by atoms with E-state index in [4.69, 9.17) is 0 Å². The molecule has 32 heavy (non-hydrogen) atoms. The first kappa shape index (κ1) is 19.8. The average Bonchev–Trinajstić information content (AvgIpc) is 3.24. The number of carbonyl (C=O) groups is 2. The van der Waals surface area contributed by atoms with Gasteiger partial charge in [-0.1, -0.05) is 12.1 Å². The van der Waals surface area contributed by atoms with Crippen molar-refractivity contribution in [3.05, 3.63) is 89.2 Å². The third-order valence-corrected chi connectivity index (χ3v) is 7.05. The van der Waals surface area contributed by atoms with Gasteiger partial charge >= 0.3 is 0 Å². The lowest BCUT2D eigenvalue weighted by molar-refractivity contribution is 0.101. The molecule has 1 aromatic heterocycles. The molecule has 0 unspecified atom stereocenters. The molecule has 2 heterocycles. The van der Waals surface area contributed by atoms with Crippen molar-refractivity contribution >= 4 is 27.2 Å². The summed E-state index contributed by atoms with van der Waals surface area (Å²) in [4.78, 5) is 29.6. The van der Waals surface area contributed by atoms with Crippen LogP contribution in [0.5, 0.6) is 0 Å². The van der Waals surface area contributed by atoms with E-state index >= 15 is 0 Å². The van der Waals surface area contributed by atoms with Crippen LogP contribution in [0.3, 0.4) is 0 Å². The maximum Gasteiger partial charge on any atom is 0.255 e. The summed E-state index contributed by atoms with van der Waals surface area (Å²) >= 11 is 0. The number of fused-ring (bicyclic) bond motifs is 2. The fourth-order valence-electron chi connectivity index (χ4n) is 3.60. The van der Waals surface area contributed by atoms with Crippen LogP contribution in [0.4, 0.5) is 5.69 Å². The van der Waals surface area contributed by atoms with Gasteiger partial charge in [0.05, 0.1) is 9.79 Å². The van der Waals surface area contributed by atoms with E-state index in [2.05, 4.69) is 20.5 Å². The molecule has 0 saturated heterocycles. The highest BCUT2D eigenvalue weighted by molar-refractivity contribution is 7.91. The smallest absolute Gasteiger partial charge is 0.255 e. The lowest BCUT2D eigenvalue weighted by Crippen LogP contribution is -2.21. The third-order valence-electron chi connectivity index (χ3n) is 5.20. The Morgan fingerprint density at radius 1 is 0.938 bits per heavy atom. The lowest BCUT2D eigenvalue weighted by atomic mass is 10.0. The van der Waals surface area contributed by atoms with Crippen LogP contribution < -0.4 is 5.32 Å². The van der Waals surface area contributed by atoms with Crippen molar-refractivity contribution in [2.45, 2.75) is 16.7 Å². The molecule has 0 radical (unpaired) electrons. The van der Waals surface area contributed by atoms with Gasteiger partial charge in [0.2, 0.25) is 9.84 Å². The largest absolute Gasteiger partial charge is 0.322 e. The van der Waals surface area contributed by atoms with Crippen LogP contribution >= 0.6 is 0 Å². The minimum atomic E-state index is -3.92. The minimum Gasteiger partial charge on any atom is -0.322 e. The molecule has 1 aliphatic heterocycles. The molecule has 158 valence electrons. The Kier molecular flexibility index (Phi) is 4.49. The molecule has 0 spiro atoms. The van der Waals surface area contributed by atoms with Crippen LogP contribution in [0, 0.1) is 6.92 Å². The monoisotopic (exact) mass is 444 g/mol. The van der Waals surface area contributed by atoms with Crippen LogP contribution in [0.15, 0.2) is 76.5 Å². The number of nitrogens with zero attached hydrogens (tertiary/aromatic N) is 2. The van der Waals surface area contributed by atoms with Gasteiger partial charge in [-0.2, -0.15) is 5.10 Å². The number of carbonyl (C=O) groups excluding carboxylic acids is 2. The van der Waals surface area contributed by atoms with Gasteiger partial charge in [-0.25, -0.2) is 13.4 Å². The van der Waals surface area contributed by atoms with Crippen molar-refractivity contribution in [3.63, 3.8) is 0 Å². The topological polar surface area (TPSA) is 122 Å². The zero-order valence-corrected chi connectivity index (χ0v) is 17.6. The average molecular weight is 444 g/mol. The molecular formula is C23H16N4O4S. The molecule has 3 aromatic carbocycles. The van der Waals surface area contributed by atoms with Crippen LogP contribution in [0.1, 0.15) is 32.1 Å². The number of nitrogens with one attached hydrogen (secondary N) is 2. The Balaban J connectivity index is 1.43. The first-order valence-electron chi connectivity index (χ1n) is 9.68. The molecule has 0 fully saturated rings. The molecule has 8 nitrogen and oxygen atoms in total. The number of aromatic amines is 1. The Morgan fingerprint density at radius 2 is 1.66 bits per heavy atom. The normalized spacial score (nSPS) is 13.8. The number of rotatable bonds is 3. The summed E-state index contributed by atoms with van der Waals surface area (Å²) in [6.45, 7) is 1.80. The number of anilines is 1. The number of amides is 1. The number of H-pyrrole nitrogens is 1. The molecule has 0 bridgehead atoms. The third kappa shape index (κ3) is 3.19. The fourth-order valence-corrected chi connectivity index (χ4v) is 5.28. The molecule has 1 amide bonds. The maximum absolute atomic E-state index is 13.0. The van der Waals surface area contributed by atoms with Gasteiger partial charge < -0.3 is 5.32 Å². The van der Waals surface area contributed by atoms with Gasteiger partial charge in [0.15, 0.2) is 11.6 Å². The second-order valence-electron chi connectivity index (χ2n) is 7.32. The Bertz CT molecular complexity index is 1510. The predicted octanol–water partition coefficient (Wildman–Crippen LogP) is 3.41. The summed E-state index contributed by atoms with van der Waals surface area (Å²) in [5, 5.41) is 9.60. The SMILES string of the molecule is Cc1nc(-c2ccc(NC(=O)c3ccc4c(c3)S(=O)(=O)c3ccccc3C4=O)cc2)n[nH]1. The summed E-state index contributed by atoms with van der Waals surface area (Å²) in [6.07, 6.45) is 0. The molecule has 5 rings (SSSR count). The number of hydrogen-bond donors (Lipinski definition) is 2. The number of sulfone groups is 1. The molecule has 9 heteroatoms.